The fourth-order valence-corrected chi connectivity index (χ4v) is 2.25. The van der Waals surface area contributed by atoms with Gasteiger partial charge in [0.05, 0.1) is 5.71 Å². The average molecular weight is 353 g/mol. The number of carbonyl (C=O) groups is 2. The molecule has 0 aliphatic heterocycles. The van der Waals surface area contributed by atoms with Crippen LogP contribution >= 0.6 is 0 Å². The molecule has 2 amide bonds. The number of anilines is 1. The number of amides is 2. The summed E-state index contributed by atoms with van der Waals surface area (Å²) >= 11 is 0. The smallest absolute Gasteiger partial charge is 0.271 e. The quantitative estimate of drug-likeness (QED) is 0.548. The van der Waals surface area contributed by atoms with Gasteiger partial charge in [0.25, 0.3) is 5.91 Å². The van der Waals surface area contributed by atoms with Gasteiger partial charge in [-0.3, -0.25) is 9.59 Å². The molecule has 2 rings (SSSR count). The highest BCUT2D eigenvalue weighted by Gasteiger charge is 2.08. The van der Waals surface area contributed by atoms with Gasteiger partial charge >= 0.3 is 0 Å². The third kappa shape index (κ3) is 5.73. The molecule has 0 fully saturated rings. The number of benzene rings is 2. The molecule has 0 spiro atoms. The van der Waals surface area contributed by atoms with Crippen LogP contribution in [-0.2, 0) is 4.79 Å². The molecule has 0 atom stereocenters. The van der Waals surface area contributed by atoms with Crippen molar-refractivity contribution in [2.24, 2.45) is 11.0 Å². The first-order valence-electron chi connectivity index (χ1n) is 8.39. The number of rotatable bonds is 6. The van der Waals surface area contributed by atoms with E-state index in [-0.39, 0.29) is 23.5 Å². The van der Waals surface area contributed by atoms with Crippen molar-refractivity contribution in [3.63, 3.8) is 0 Å². The molecule has 3 N–H and O–H groups in total. The second-order valence-electron chi connectivity index (χ2n) is 6.41. The molecule has 0 aliphatic rings. The molecule has 136 valence electrons. The minimum atomic E-state index is -0.344. The average Bonchev–Trinajstić information content (AvgIpc) is 2.60. The molecular weight excluding hydrogens is 330 g/mol. The number of phenols is 1. The predicted molar refractivity (Wildman–Crippen MR) is 102 cm³/mol. The fourth-order valence-electron chi connectivity index (χ4n) is 2.25. The van der Waals surface area contributed by atoms with Gasteiger partial charge in [0.2, 0.25) is 5.91 Å². The lowest BCUT2D eigenvalue weighted by molar-refractivity contribution is -0.116. The first-order valence-corrected chi connectivity index (χ1v) is 8.39. The number of nitrogens with zero attached hydrogens (tertiary/aromatic N) is 1. The third-order valence-electron chi connectivity index (χ3n) is 3.63. The number of aromatic hydroxyl groups is 1. The van der Waals surface area contributed by atoms with Crippen LogP contribution < -0.4 is 10.7 Å². The van der Waals surface area contributed by atoms with Crippen molar-refractivity contribution in [2.45, 2.75) is 27.2 Å². The molecule has 0 bridgehead atoms. The van der Waals surface area contributed by atoms with E-state index in [9.17, 15) is 14.7 Å². The molecule has 2 aromatic carbocycles. The maximum Gasteiger partial charge on any atom is 0.271 e. The van der Waals surface area contributed by atoms with Crippen molar-refractivity contribution in [1.82, 2.24) is 5.43 Å². The Morgan fingerprint density at radius 3 is 2.15 bits per heavy atom. The molecular formula is C20H23N3O3. The van der Waals surface area contributed by atoms with Crippen LogP contribution in [0.5, 0.6) is 5.75 Å². The summed E-state index contributed by atoms with van der Waals surface area (Å²) in [5, 5.41) is 16.2. The highest BCUT2D eigenvalue weighted by molar-refractivity contribution is 6.01. The van der Waals surface area contributed by atoms with Crippen molar-refractivity contribution in [2.75, 3.05) is 5.32 Å². The van der Waals surface area contributed by atoms with Crippen LogP contribution in [0.1, 0.15) is 43.1 Å². The standard InChI is InChI=1S/C20H23N3O3/c1-13(2)12-19(25)21-17-8-4-16(5-9-17)20(26)23-22-14(3)15-6-10-18(24)11-7-15/h4-11,13,24H,12H2,1-3H3,(H,21,25)(H,23,26)/b22-14+. The molecule has 0 aliphatic carbocycles. The van der Waals surface area contributed by atoms with Crippen molar-refractivity contribution < 1.29 is 14.7 Å². The first-order chi connectivity index (χ1) is 12.3. The SMILES string of the molecule is C/C(=N\NC(=O)c1ccc(NC(=O)CC(C)C)cc1)c1ccc(O)cc1. The van der Waals surface area contributed by atoms with Crippen molar-refractivity contribution in [3.8, 4) is 5.75 Å². The lowest BCUT2D eigenvalue weighted by Gasteiger charge is -2.08. The van der Waals surface area contributed by atoms with Crippen LogP contribution in [-0.4, -0.2) is 22.6 Å². The molecule has 2 aromatic rings. The zero-order valence-corrected chi connectivity index (χ0v) is 15.1. The normalized spacial score (nSPS) is 11.3. The molecule has 6 heteroatoms. The summed E-state index contributed by atoms with van der Waals surface area (Å²) in [6, 6.07) is 13.2. The molecule has 0 saturated heterocycles. The Morgan fingerprint density at radius 1 is 1.00 bits per heavy atom. The highest BCUT2D eigenvalue weighted by atomic mass is 16.3. The van der Waals surface area contributed by atoms with E-state index in [1.54, 1.807) is 55.5 Å². The van der Waals surface area contributed by atoms with Gasteiger partial charge in [0.15, 0.2) is 0 Å². The minimum Gasteiger partial charge on any atom is -0.508 e. The van der Waals surface area contributed by atoms with Gasteiger partial charge in [-0.15, -0.1) is 0 Å². The van der Waals surface area contributed by atoms with Crippen molar-refractivity contribution in [1.29, 1.82) is 0 Å². The first kappa shape index (κ1) is 19.2. The van der Waals surface area contributed by atoms with E-state index in [1.807, 2.05) is 13.8 Å². The third-order valence-corrected chi connectivity index (χ3v) is 3.63. The Morgan fingerprint density at radius 2 is 1.58 bits per heavy atom. The minimum absolute atomic E-state index is 0.0497. The number of nitrogens with one attached hydrogen (secondary N) is 2. The number of hydrogen-bond donors (Lipinski definition) is 3. The Balaban J connectivity index is 1.96. The molecule has 0 radical (unpaired) electrons. The molecule has 0 heterocycles. The van der Waals surface area contributed by atoms with E-state index in [0.29, 0.717) is 23.4 Å². The summed E-state index contributed by atoms with van der Waals surface area (Å²) in [7, 11) is 0. The van der Waals surface area contributed by atoms with Crippen molar-refractivity contribution in [3.05, 3.63) is 59.7 Å². The van der Waals surface area contributed by atoms with Gasteiger partial charge in [-0.25, -0.2) is 5.43 Å². The molecule has 0 saturated carbocycles. The van der Waals surface area contributed by atoms with Gasteiger partial charge in [-0.1, -0.05) is 13.8 Å². The van der Waals surface area contributed by atoms with E-state index in [1.165, 1.54) is 0 Å². The van der Waals surface area contributed by atoms with Crippen molar-refractivity contribution >= 4 is 23.2 Å². The summed E-state index contributed by atoms with van der Waals surface area (Å²) in [6.07, 6.45) is 0.452. The van der Waals surface area contributed by atoms with Crippen LogP contribution in [0.4, 0.5) is 5.69 Å². The van der Waals surface area contributed by atoms with E-state index in [4.69, 9.17) is 0 Å². The summed E-state index contributed by atoms with van der Waals surface area (Å²) in [5.41, 5.74) is 5.00. The van der Waals surface area contributed by atoms with Gasteiger partial charge in [-0.05, 0) is 66.9 Å². The lowest BCUT2D eigenvalue weighted by Crippen LogP contribution is -2.19. The highest BCUT2D eigenvalue weighted by Crippen LogP contribution is 2.12. The largest absolute Gasteiger partial charge is 0.508 e. The summed E-state index contributed by atoms with van der Waals surface area (Å²) in [6.45, 7) is 5.72. The maximum atomic E-state index is 12.2. The topological polar surface area (TPSA) is 90.8 Å². The van der Waals surface area contributed by atoms with E-state index >= 15 is 0 Å². The predicted octanol–water partition coefficient (Wildman–Crippen LogP) is 3.53. The summed E-state index contributed by atoms with van der Waals surface area (Å²) in [5.74, 6) is 0.0652. The van der Waals surface area contributed by atoms with Crippen LogP contribution in [0.25, 0.3) is 0 Å². The number of phenolic OH excluding ortho intramolecular Hbond substituents is 1. The Kier molecular flexibility index (Phi) is 6.49. The maximum absolute atomic E-state index is 12.2. The molecule has 6 nitrogen and oxygen atoms in total. The van der Waals surface area contributed by atoms with E-state index in [2.05, 4.69) is 15.8 Å². The Labute approximate surface area is 152 Å². The number of hydrogen-bond acceptors (Lipinski definition) is 4. The molecule has 0 aromatic heterocycles. The van der Waals surface area contributed by atoms with E-state index < -0.39 is 0 Å². The zero-order chi connectivity index (χ0) is 19.1. The number of carbonyl (C=O) groups excluding carboxylic acids is 2. The second kappa shape index (κ2) is 8.80. The van der Waals surface area contributed by atoms with Gasteiger partial charge < -0.3 is 10.4 Å². The summed E-state index contributed by atoms with van der Waals surface area (Å²) < 4.78 is 0. The van der Waals surface area contributed by atoms with Gasteiger partial charge in [-0.2, -0.15) is 5.10 Å². The monoisotopic (exact) mass is 353 g/mol. The molecule has 26 heavy (non-hydrogen) atoms. The summed E-state index contributed by atoms with van der Waals surface area (Å²) in [4.78, 5) is 23.9. The molecule has 0 unspecified atom stereocenters. The van der Waals surface area contributed by atoms with Crippen LogP contribution in [0, 0.1) is 5.92 Å². The van der Waals surface area contributed by atoms with Gasteiger partial charge in [0.1, 0.15) is 5.75 Å². The second-order valence-corrected chi connectivity index (χ2v) is 6.41. The zero-order valence-electron chi connectivity index (χ0n) is 15.1. The Bertz CT molecular complexity index is 794. The fraction of sp³-hybridized carbons (Fsp3) is 0.250. The van der Waals surface area contributed by atoms with Crippen LogP contribution in [0.15, 0.2) is 53.6 Å². The lowest BCUT2D eigenvalue weighted by atomic mass is 10.1. The number of hydrazone groups is 1. The Hall–Kier alpha value is -3.15. The van der Waals surface area contributed by atoms with Gasteiger partial charge in [0, 0.05) is 17.7 Å². The van der Waals surface area contributed by atoms with E-state index in [0.717, 1.165) is 5.56 Å². The van der Waals surface area contributed by atoms with Crippen LogP contribution in [0.3, 0.4) is 0 Å². The van der Waals surface area contributed by atoms with Crippen LogP contribution in [0.2, 0.25) is 0 Å².